The fourth-order valence-electron chi connectivity index (χ4n) is 4.33. The monoisotopic (exact) mass is 525 g/mol. The Balaban J connectivity index is 1.82. The van der Waals surface area contributed by atoms with E-state index in [-0.39, 0.29) is 0 Å². The van der Waals surface area contributed by atoms with Crippen LogP contribution in [0.2, 0.25) is 0 Å². The number of carbonyl (C=O) groups excluding carboxylic acids is 3. The highest BCUT2D eigenvalue weighted by molar-refractivity contribution is 7.93. The number of hydrazine groups is 2. The third-order valence-corrected chi connectivity index (χ3v) is 6.32. The maximum absolute atomic E-state index is 12.7. The number of fused-ring (bicyclic) bond motifs is 1. The molecule has 200 valence electrons. The third-order valence-electron chi connectivity index (χ3n) is 5.93. The molecule has 3 aliphatic rings. The smallest absolute Gasteiger partial charge is 0.347 e. The first-order valence-corrected chi connectivity index (χ1v) is 11.9. The number of nitrogens with two attached hydrogens (primary N) is 1. The molecule has 0 aromatic rings. The summed E-state index contributed by atoms with van der Waals surface area (Å²) in [6.45, 7) is 2.33. The van der Waals surface area contributed by atoms with Gasteiger partial charge in [0.2, 0.25) is 5.91 Å². The van der Waals surface area contributed by atoms with Crippen LogP contribution in [0, 0.1) is 5.92 Å². The van der Waals surface area contributed by atoms with Crippen LogP contribution in [0.15, 0.2) is 0 Å². The average Bonchev–Trinajstić information content (AvgIpc) is 2.81. The van der Waals surface area contributed by atoms with Crippen molar-refractivity contribution >= 4 is 29.9 Å². The van der Waals surface area contributed by atoms with Crippen LogP contribution in [0.5, 0.6) is 0 Å². The third kappa shape index (κ3) is 5.96. The van der Waals surface area contributed by atoms with Crippen LogP contribution in [-0.4, -0.2) is 107 Å². The van der Waals surface area contributed by atoms with Gasteiger partial charge in [0.05, 0.1) is 18.8 Å². The number of hydrogen-bond acceptors (Lipinski definition) is 13. The van der Waals surface area contributed by atoms with Gasteiger partial charge < -0.3 is 39.6 Å². The Hall–Kier alpha value is -1.80. The molecule has 35 heavy (non-hydrogen) atoms. The minimum absolute atomic E-state index is 0.450. The summed E-state index contributed by atoms with van der Waals surface area (Å²) in [5.74, 6) is 3.15. The molecule has 0 bridgehead atoms. The standard InChI is InChI=1S/C18H31N5O11S/c1-5-8-12(30-5)11(27)17(32-13(8)15(28)22-23-18(29)21-19)33-14-9(20-6(2)25)16(34-35-3)31-7(4-24)10(14)26/h5,7-14,16-17,24,26-27H,4,19H2,1-3H3,(H,20,25)(H,22,28)(H2,21,23,29)/t5?,7?,8-,9?,10+,11?,12?,13?,14?,16-,17-/m0/s1. The Bertz CT molecular complexity index is 781. The van der Waals surface area contributed by atoms with E-state index in [4.69, 9.17) is 29.0 Å². The highest BCUT2D eigenvalue weighted by Crippen LogP contribution is 2.41. The predicted octanol–water partition coefficient (Wildman–Crippen LogP) is -4.06. The lowest BCUT2D eigenvalue weighted by atomic mass is 9.79. The van der Waals surface area contributed by atoms with Crippen LogP contribution >= 0.6 is 12.0 Å². The molecule has 0 saturated carbocycles. The first-order valence-electron chi connectivity index (χ1n) is 10.7. The zero-order chi connectivity index (χ0) is 25.9. The van der Waals surface area contributed by atoms with Crippen molar-refractivity contribution in [3.05, 3.63) is 0 Å². The predicted molar refractivity (Wildman–Crippen MR) is 115 cm³/mol. The zero-order valence-electron chi connectivity index (χ0n) is 19.2. The Morgan fingerprint density at radius 1 is 1.09 bits per heavy atom. The molecule has 3 rings (SSSR count). The van der Waals surface area contributed by atoms with E-state index >= 15 is 0 Å². The van der Waals surface area contributed by atoms with Gasteiger partial charge in [-0.25, -0.2) is 16.1 Å². The van der Waals surface area contributed by atoms with Gasteiger partial charge in [0.15, 0.2) is 12.6 Å². The number of urea groups is 1. The van der Waals surface area contributed by atoms with Crippen LogP contribution in [0.25, 0.3) is 0 Å². The number of carbonyl (C=O) groups is 3. The van der Waals surface area contributed by atoms with Gasteiger partial charge in [-0.15, -0.1) is 0 Å². The quantitative estimate of drug-likeness (QED) is 0.0685. The maximum Gasteiger partial charge on any atom is 0.347 e. The van der Waals surface area contributed by atoms with Crippen molar-refractivity contribution in [2.45, 2.75) is 75.2 Å². The second kappa shape index (κ2) is 12.0. The topological polar surface area (TPSA) is 232 Å². The average molecular weight is 526 g/mol. The van der Waals surface area contributed by atoms with Crippen molar-refractivity contribution in [1.29, 1.82) is 0 Å². The van der Waals surface area contributed by atoms with Crippen LogP contribution in [-0.2, 0) is 32.7 Å². The first kappa shape index (κ1) is 27.8. The van der Waals surface area contributed by atoms with Crippen molar-refractivity contribution < 1.29 is 52.8 Å². The van der Waals surface area contributed by atoms with E-state index in [0.717, 1.165) is 12.0 Å². The number of aliphatic hydroxyl groups is 3. The molecule has 11 atom stereocenters. The summed E-state index contributed by atoms with van der Waals surface area (Å²) in [7, 11) is 0. The molecule has 0 spiro atoms. The highest BCUT2D eigenvalue weighted by Gasteiger charge is 2.59. The van der Waals surface area contributed by atoms with Gasteiger partial charge in [-0.3, -0.25) is 24.6 Å². The number of rotatable bonds is 7. The zero-order valence-corrected chi connectivity index (χ0v) is 20.0. The molecule has 7 unspecified atom stereocenters. The minimum atomic E-state index is -1.51. The summed E-state index contributed by atoms with van der Waals surface area (Å²) in [4.78, 5) is 35.9. The number of ether oxygens (including phenoxy) is 4. The fourth-order valence-corrected chi connectivity index (χ4v) is 4.68. The molecule has 3 saturated heterocycles. The molecular formula is C18H31N5O11S. The lowest BCUT2D eigenvalue weighted by molar-refractivity contribution is -0.368. The van der Waals surface area contributed by atoms with Crippen LogP contribution in [0.4, 0.5) is 4.79 Å². The van der Waals surface area contributed by atoms with Gasteiger partial charge in [0, 0.05) is 19.1 Å². The summed E-state index contributed by atoms with van der Waals surface area (Å²) >= 11 is 0.928. The summed E-state index contributed by atoms with van der Waals surface area (Å²) in [5.41, 5.74) is 5.96. The van der Waals surface area contributed by atoms with E-state index in [1.54, 1.807) is 18.6 Å². The minimum Gasteiger partial charge on any atom is -0.394 e. The van der Waals surface area contributed by atoms with Gasteiger partial charge in [-0.1, -0.05) is 0 Å². The largest absolute Gasteiger partial charge is 0.394 e. The van der Waals surface area contributed by atoms with Crippen molar-refractivity contribution in [3.8, 4) is 0 Å². The Labute approximate surface area is 204 Å². The van der Waals surface area contributed by atoms with Crippen LogP contribution in [0.3, 0.4) is 0 Å². The van der Waals surface area contributed by atoms with Gasteiger partial charge in [0.1, 0.15) is 36.6 Å². The van der Waals surface area contributed by atoms with Gasteiger partial charge in [-0.2, -0.15) is 0 Å². The number of aliphatic hydroxyl groups excluding tert-OH is 3. The number of hydrogen-bond donors (Lipinski definition) is 8. The fraction of sp³-hybridized carbons (Fsp3) is 0.833. The van der Waals surface area contributed by atoms with Crippen molar-refractivity contribution in [2.75, 3.05) is 12.9 Å². The first-order chi connectivity index (χ1) is 16.6. The molecule has 3 fully saturated rings. The molecule has 0 radical (unpaired) electrons. The molecule has 4 amide bonds. The van der Waals surface area contributed by atoms with E-state index < -0.39 is 91.7 Å². The SMILES string of the molecule is CSO[C@@H]1OC(CO)[C@@H](O)C(O[C@@H]2OC(C(=O)NNC(=O)NN)[C@H]3C(C)OC3C2O)C1NC(C)=O. The number of nitrogens with one attached hydrogen (secondary N) is 4. The van der Waals surface area contributed by atoms with Crippen molar-refractivity contribution in [2.24, 2.45) is 11.8 Å². The maximum atomic E-state index is 12.7. The van der Waals surface area contributed by atoms with E-state index in [1.165, 1.54) is 6.92 Å². The summed E-state index contributed by atoms with van der Waals surface area (Å²) in [6.07, 6.45) is -8.85. The van der Waals surface area contributed by atoms with Gasteiger partial charge >= 0.3 is 6.03 Å². The molecule has 16 nitrogen and oxygen atoms in total. The van der Waals surface area contributed by atoms with Gasteiger partial charge in [-0.05, 0) is 19.0 Å². The molecule has 3 aliphatic heterocycles. The molecule has 3 heterocycles. The van der Waals surface area contributed by atoms with E-state index in [9.17, 15) is 29.7 Å². The second-order valence-corrected chi connectivity index (χ2v) is 8.72. The van der Waals surface area contributed by atoms with Crippen LogP contribution < -0.4 is 27.4 Å². The summed E-state index contributed by atoms with van der Waals surface area (Å²) < 4.78 is 28.2. The molecule has 9 N–H and O–H groups in total. The Kier molecular flexibility index (Phi) is 9.49. The van der Waals surface area contributed by atoms with E-state index in [1.807, 2.05) is 5.43 Å². The summed E-state index contributed by atoms with van der Waals surface area (Å²) in [6, 6.07) is -1.95. The van der Waals surface area contributed by atoms with E-state index in [0.29, 0.717) is 0 Å². The highest BCUT2D eigenvalue weighted by atomic mass is 32.2. The lowest BCUT2D eigenvalue weighted by Crippen LogP contribution is -2.72. The normalized spacial score (nSPS) is 40.6. The molecule has 17 heteroatoms. The molecule has 0 aromatic carbocycles. The van der Waals surface area contributed by atoms with Crippen molar-refractivity contribution in [1.82, 2.24) is 21.6 Å². The Morgan fingerprint density at radius 3 is 2.37 bits per heavy atom. The summed E-state index contributed by atoms with van der Waals surface area (Å²) in [5, 5.41) is 33.9. The Morgan fingerprint density at radius 2 is 1.80 bits per heavy atom. The number of amides is 4. The molecule has 0 aromatic heterocycles. The van der Waals surface area contributed by atoms with Crippen molar-refractivity contribution in [3.63, 3.8) is 0 Å². The lowest BCUT2D eigenvalue weighted by Gasteiger charge is -2.54. The second-order valence-electron chi connectivity index (χ2n) is 8.19. The van der Waals surface area contributed by atoms with Crippen LogP contribution in [0.1, 0.15) is 13.8 Å². The molecule has 0 aliphatic carbocycles. The molecular weight excluding hydrogens is 494 g/mol. The van der Waals surface area contributed by atoms with E-state index in [2.05, 4.69) is 10.7 Å². The van der Waals surface area contributed by atoms with Gasteiger partial charge in [0.25, 0.3) is 5.91 Å².